The average Bonchev–Trinajstić information content (AvgIpc) is 2.83. The highest BCUT2D eigenvalue weighted by atomic mass is 16.5. The summed E-state index contributed by atoms with van der Waals surface area (Å²) in [6, 6.07) is 10.4. The Morgan fingerprint density at radius 2 is 1.45 bits per heavy atom. The Balaban J connectivity index is 1.63. The molecule has 8 heteroatoms. The van der Waals surface area contributed by atoms with E-state index in [0.717, 1.165) is 0 Å². The number of carbonyl (C=O) groups excluding carboxylic acids is 2. The van der Waals surface area contributed by atoms with Crippen LogP contribution in [-0.2, 0) is 4.79 Å². The highest BCUT2D eigenvalue weighted by molar-refractivity contribution is 5.96. The molecule has 1 aliphatic rings. The van der Waals surface area contributed by atoms with Crippen LogP contribution in [0.5, 0.6) is 23.0 Å². The molecule has 0 saturated carbocycles. The standard InChI is InChI=1S/C23H28N2O6/c1-28-17-5-6-21(31-4)20(14-17)24-22(26)15-7-9-25(10-8-15)23(27)16-11-18(29-2)13-19(12-16)30-3/h5-6,11-15H,7-10H2,1-4H3,(H,24,26). The number of anilines is 1. The SMILES string of the molecule is COc1cc(OC)cc(C(=O)N2CCC(C(=O)Nc3cc(OC)ccc3OC)CC2)c1. The summed E-state index contributed by atoms with van der Waals surface area (Å²) in [6.07, 6.45) is 1.15. The molecule has 1 N–H and O–H groups in total. The van der Waals surface area contributed by atoms with Crippen LogP contribution in [0, 0.1) is 5.92 Å². The number of amides is 2. The van der Waals surface area contributed by atoms with Crippen LogP contribution in [0.25, 0.3) is 0 Å². The van der Waals surface area contributed by atoms with Gasteiger partial charge in [0, 0.05) is 36.7 Å². The molecular formula is C23H28N2O6. The summed E-state index contributed by atoms with van der Waals surface area (Å²) in [4.78, 5) is 27.5. The Kier molecular flexibility index (Phi) is 7.23. The highest BCUT2D eigenvalue weighted by Crippen LogP contribution is 2.31. The molecule has 0 radical (unpaired) electrons. The van der Waals surface area contributed by atoms with Gasteiger partial charge in [-0.2, -0.15) is 0 Å². The molecule has 2 amide bonds. The van der Waals surface area contributed by atoms with Gasteiger partial charge in [-0.25, -0.2) is 0 Å². The van der Waals surface area contributed by atoms with Crippen LogP contribution in [0.1, 0.15) is 23.2 Å². The van der Waals surface area contributed by atoms with Gasteiger partial charge in [0.15, 0.2) is 0 Å². The second-order valence-corrected chi connectivity index (χ2v) is 7.22. The van der Waals surface area contributed by atoms with Crippen LogP contribution in [0.4, 0.5) is 5.69 Å². The highest BCUT2D eigenvalue weighted by Gasteiger charge is 2.28. The van der Waals surface area contributed by atoms with Crippen molar-refractivity contribution in [3.8, 4) is 23.0 Å². The monoisotopic (exact) mass is 428 g/mol. The summed E-state index contributed by atoms with van der Waals surface area (Å²) in [7, 11) is 6.21. The molecule has 1 aliphatic heterocycles. The molecule has 2 aromatic carbocycles. The number of carbonyl (C=O) groups is 2. The largest absolute Gasteiger partial charge is 0.497 e. The van der Waals surface area contributed by atoms with E-state index in [1.807, 2.05) is 0 Å². The smallest absolute Gasteiger partial charge is 0.254 e. The first-order valence-corrected chi connectivity index (χ1v) is 10.0. The van der Waals surface area contributed by atoms with Crippen molar-refractivity contribution < 1.29 is 28.5 Å². The first kappa shape index (κ1) is 22.3. The van der Waals surface area contributed by atoms with Crippen molar-refractivity contribution in [1.29, 1.82) is 0 Å². The predicted octanol–water partition coefficient (Wildman–Crippen LogP) is 3.21. The number of hydrogen-bond acceptors (Lipinski definition) is 6. The lowest BCUT2D eigenvalue weighted by Gasteiger charge is -2.31. The predicted molar refractivity (Wildman–Crippen MR) is 116 cm³/mol. The molecule has 8 nitrogen and oxygen atoms in total. The number of piperidine rings is 1. The van der Waals surface area contributed by atoms with Crippen LogP contribution in [0.15, 0.2) is 36.4 Å². The molecule has 2 aromatic rings. The minimum atomic E-state index is -0.195. The number of methoxy groups -OCH3 is 4. The number of hydrogen-bond donors (Lipinski definition) is 1. The van der Waals surface area contributed by atoms with Gasteiger partial charge in [-0.05, 0) is 37.1 Å². The second-order valence-electron chi connectivity index (χ2n) is 7.22. The first-order chi connectivity index (χ1) is 15.0. The number of ether oxygens (including phenoxy) is 4. The van der Waals surface area contributed by atoms with Crippen LogP contribution in [-0.4, -0.2) is 58.2 Å². The molecule has 0 bridgehead atoms. The molecule has 0 atom stereocenters. The Bertz CT molecular complexity index is 915. The van der Waals surface area contributed by atoms with E-state index in [-0.39, 0.29) is 17.7 Å². The van der Waals surface area contributed by atoms with Crippen molar-refractivity contribution in [2.45, 2.75) is 12.8 Å². The van der Waals surface area contributed by atoms with Crippen molar-refractivity contribution in [3.05, 3.63) is 42.0 Å². The van der Waals surface area contributed by atoms with Gasteiger partial charge in [-0.1, -0.05) is 0 Å². The molecular weight excluding hydrogens is 400 g/mol. The van der Waals surface area contributed by atoms with Crippen LogP contribution in [0.2, 0.25) is 0 Å². The fraction of sp³-hybridized carbons (Fsp3) is 0.391. The zero-order chi connectivity index (χ0) is 22.4. The van der Waals surface area contributed by atoms with Gasteiger partial charge in [0.25, 0.3) is 5.91 Å². The van der Waals surface area contributed by atoms with Crippen molar-refractivity contribution >= 4 is 17.5 Å². The fourth-order valence-electron chi connectivity index (χ4n) is 3.60. The van der Waals surface area contributed by atoms with E-state index in [0.29, 0.717) is 60.2 Å². The summed E-state index contributed by atoms with van der Waals surface area (Å²) in [5.41, 5.74) is 1.06. The summed E-state index contributed by atoms with van der Waals surface area (Å²) >= 11 is 0. The van der Waals surface area contributed by atoms with Crippen molar-refractivity contribution in [2.24, 2.45) is 5.92 Å². The van der Waals surface area contributed by atoms with Crippen LogP contribution in [0.3, 0.4) is 0 Å². The first-order valence-electron chi connectivity index (χ1n) is 10.0. The Morgan fingerprint density at radius 1 is 0.839 bits per heavy atom. The Hall–Kier alpha value is -3.42. The van der Waals surface area contributed by atoms with Gasteiger partial charge in [0.05, 0.1) is 34.1 Å². The Labute approximate surface area is 182 Å². The van der Waals surface area contributed by atoms with Gasteiger partial charge >= 0.3 is 0 Å². The number of rotatable bonds is 7. The van der Waals surface area contributed by atoms with Gasteiger partial charge in [0.1, 0.15) is 23.0 Å². The number of benzene rings is 2. The van der Waals surface area contributed by atoms with Gasteiger partial charge < -0.3 is 29.2 Å². The summed E-state index contributed by atoms with van der Waals surface area (Å²) in [5, 5.41) is 2.93. The minimum absolute atomic E-state index is 0.0956. The summed E-state index contributed by atoms with van der Waals surface area (Å²) in [6.45, 7) is 0.984. The lowest BCUT2D eigenvalue weighted by molar-refractivity contribution is -0.121. The minimum Gasteiger partial charge on any atom is -0.497 e. The molecule has 0 aromatic heterocycles. The Morgan fingerprint density at radius 3 is 2.00 bits per heavy atom. The van der Waals surface area contributed by atoms with Crippen LogP contribution < -0.4 is 24.3 Å². The average molecular weight is 428 g/mol. The van der Waals surface area contributed by atoms with E-state index in [2.05, 4.69) is 5.32 Å². The van der Waals surface area contributed by atoms with E-state index >= 15 is 0 Å². The molecule has 0 unspecified atom stereocenters. The molecule has 0 spiro atoms. The summed E-state index contributed by atoms with van der Waals surface area (Å²) in [5.74, 6) is 1.92. The normalized spacial score (nSPS) is 14.0. The van der Waals surface area contributed by atoms with Crippen molar-refractivity contribution in [3.63, 3.8) is 0 Å². The molecule has 3 rings (SSSR count). The molecule has 1 saturated heterocycles. The van der Waals surface area contributed by atoms with Crippen LogP contribution >= 0.6 is 0 Å². The number of nitrogens with one attached hydrogen (secondary N) is 1. The van der Waals surface area contributed by atoms with E-state index in [4.69, 9.17) is 18.9 Å². The third kappa shape index (κ3) is 5.20. The quantitative estimate of drug-likeness (QED) is 0.729. The van der Waals surface area contributed by atoms with E-state index in [9.17, 15) is 9.59 Å². The van der Waals surface area contributed by atoms with E-state index in [1.54, 1.807) is 69.7 Å². The molecule has 166 valence electrons. The number of nitrogens with zero attached hydrogens (tertiary/aromatic N) is 1. The zero-order valence-corrected chi connectivity index (χ0v) is 18.3. The van der Waals surface area contributed by atoms with Gasteiger partial charge in [-0.15, -0.1) is 0 Å². The third-order valence-electron chi connectivity index (χ3n) is 5.42. The number of likely N-dealkylation sites (tertiary alicyclic amines) is 1. The zero-order valence-electron chi connectivity index (χ0n) is 18.3. The lowest BCUT2D eigenvalue weighted by Crippen LogP contribution is -2.41. The van der Waals surface area contributed by atoms with Gasteiger partial charge in [-0.3, -0.25) is 9.59 Å². The maximum atomic E-state index is 12.9. The maximum absolute atomic E-state index is 12.9. The van der Waals surface area contributed by atoms with Crippen molar-refractivity contribution in [2.75, 3.05) is 46.8 Å². The summed E-state index contributed by atoms with van der Waals surface area (Å²) < 4.78 is 21.1. The second kappa shape index (κ2) is 10.1. The molecule has 31 heavy (non-hydrogen) atoms. The topological polar surface area (TPSA) is 86.3 Å². The maximum Gasteiger partial charge on any atom is 0.254 e. The fourth-order valence-corrected chi connectivity index (χ4v) is 3.60. The van der Waals surface area contributed by atoms with E-state index in [1.165, 1.54) is 0 Å². The molecule has 1 fully saturated rings. The molecule has 1 heterocycles. The third-order valence-corrected chi connectivity index (χ3v) is 5.42. The van der Waals surface area contributed by atoms with E-state index < -0.39 is 0 Å². The lowest BCUT2D eigenvalue weighted by atomic mass is 9.95. The van der Waals surface area contributed by atoms with Crippen molar-refractivity contribution in [1.82, 2.24) is 4.90 Å². The molecule has 0 aliphatic carbocycles. The van der Waals surface area contributed by atoms with Gasteiger partial charge in [0.2, 0.25) is 5.91 Å².